The zero-order chi connectivity index (χ0) is 7.28. The minimum absolute atomic E-state index is 1.01. The van der Waals surface area contributed by atoms with E-state index < -0.39 is 12.0 Å². The van der Waals surface area contributed by atoms with Crippen LogP contribution < -0.4 is 11.6 Å². The summed E-state index contributed by atoms with van der Waals surface area (Å²) in [4.78, 5) is 13.9. The second kappa shape index (κ2) is 3.88. The van der Waals surface area contributed by atoms with E-state index in [1.165, 1.54) is 0 Å². The minimum Gasteiger partial charge on any atom is -0.480 e. The molecule has 5 nitrogen and oxygen atoms in total. The average molecular weight is 132 g/mol. The third-order valence-electron chi connectivity index (χ3n) is 0.650. The van der Waals surface area contributed by atoms with Gasteiger partial charge < -0.3 is 15.7 Å². The largest absolute Gasteiger partial charge is 0.480 e. The molecular weight excluding hydrogens is 124 g/mol. The van der Waals surface area contributed by atoms with Gasteiger partial charge in [0.2, 0.25) is 0 Å². The van der Waals surface area contributed by atoms with Crippen LogP contribution in [-0.2, 0) is 9.63 Å². The number of hydrogen-bond acceptors (Lipinski definition) is 4. The van der Waals surface area contributed by atoms with Crippen molar-refractivity contribution >= 4 is 5.97 Å². The number of aliphatic carboxylic acids is 1. The molecule has 52 valence electrons. The molecule has 0 spiro atoms. The first kappa shape index (κ1) is 7.93. The Kier molecular flexibility index (Phi) is 3.41. The molecular formula is C4H8N2O3. The first-order valence-corrected chi connectivity index (χ1v) is 2.19. The van der Waals surface area contributed by atoms with Gasteiger partial charge in [0.1, 0.15) is 12.3 Å². The summed E-state index contributed by atoms with van der Waals surface area (Å²) in [5, 5.41) is 8.14. The third-order valence-corrected chi connectivity index (χ3v) is 0.650. The van der Waals surface area contributed by atoms with Crippen molar-refractivity contribution in [2.45, 2.75) is 6.04 Å². The number of carboxylic acids is 1. The van der Waals surface area contributed by atoms with Gasteiger partial charge in [0, 0.05) is 0 Å². The van der Waals surface area contributed by atoms with E-state index in [0.29, 0.717) is 0 Å². The van der Waals surface area contributed by atoms with E-state index >= 15 is 0 Å². The summed E-state index contributed by atoms with van der Waals surface area (Å²) < 4.78 is 0. The highest BCUT2D eigenvalue weighted by molar-refractivity contribution is 5.75. The predicted octanol–water partition coefficient (Wildman–Crippen LogP) is -1.20. The van der Waals surface area contributed by atoms with E-state index in [1.54, 1.807) is 0 Å². The van der Waals surface area contributed by atoms with E-state index in [1.807, 2.05) is 0 Å². The van der Waals surface area contributed by atoms with Gasteiger partial charge in [0.15, 0.2) is 0 Å². The van der Waals surface area contributed by atoms with Gasteiger partial charge in [-0.25, -0.2) is 0 Å². The lowest BCUT2D eigenvalue weighted by Gasteiger charge is -1.95. The van der Waals surface area contributed by atoms with Gasteiger partial charge in [-0.3, -0.25) is 4.79 Å². The average Bonchev–Trinajstić information content (AvgIpc) is 1.82. The van der Waals surface area contributed by atoms with Crippen LogP contribution in [0.15, 0.2) is 12.3 Å². The van der Waals surface area contributed by atoms with Crippen LogP contribution in [0.1, 0.15) is 0 Å². The van der Waals surface area contributed by atoms with Crippen molar-refractivity contribution in [1.29, 1.82) is 0 Å². The smallest absolute Gasteiger partial charge is 0.324 e. The van der Waals surface area contributed by atoms with Gasteiger partial charge in [0.05, 0.1) is 0 Å². The van der Waals surface area contributed by atoms with E-state index in [2.05, 4.69) is 10.7 Å². The third kappa shape index (κ3) is 3.51. The number of rotatable bonds is 3. The molecule has 0 fully saturated rings. The Bertz CT molecular complexity index is 123. The maximum Gasteiger partial charge on any atom is 0.324 e. The molecule has 0 aromatic carbocycles. The molecule has 0 aliphatic rings. The van der Waals surface area contributed by atoms with Crippen LogP contribution in [0.4, 0.5) is 0 Å². The second-order valence-corrected chi connectivity index (χ2v) is 1.33. The van der Waals surface area contributed by atoms with E-state index in [4.69, 9.17) is 10.8 Å². The second-order valence-electron chi connectivity index (χ2n) is 1.33. The topological polar surface area (TPSA) is 98.6 Å². The maximum absolute atomic E-state index is 9.93. The van der Waals surface area contributed by atoms with Gasteiger partial charge in [0.25, 0.3) is 0 Å². The Hall–Kier alpha value is -1.07. The van der Waals surface area contributed by atoms with E-state index in [0.717, 1.165) is 12.3 Å². The zero-order valence-corrected chi connectivity index (χ0v) is 4.65. The molecule has 0 aromatic rings. The molecule has 0 bridgehead atoms. The van der Waals surface area contributed by atoms with Crippen LogP contribution in [0.5, 0.6) is 0 Å². The number of carboxylic acid groups (broad SMARTS) is 1. The molecule has 0 aromatic heterocycles. The number of nitrogens with two attached hydrogens (primary N) is 2. The summed E-state index contributed by atoms with van der Waals surface area (Å²) in [6.07, 6.45) is 2.14. The summed E-state index contributed by atoms with van der Waals surface area (Å²) in [5.74, 6) is 3.42. The van der Waals surface area contributed by atoms with Gasteiger partial charge in [-0.2, -0.15) is 5.90 Å². The molecule has 1 atom stereocenters. The molecule has 0 aliphatic heterocycles. The number of carbonyl (C=O) groups is 1. The van der Waals surface area contributed by atoms with Crippen LogP contribution in [0, 0.1) is 0 Å². The molecule has 5 N–H and O–H groups in total. The predicted molar refractivity (Wildman–Crippen MR) is 30.0 cm³/mol. The summed E-state index contributed by atoms with van der Waals surface area (Å²) in [6, 6.07) is -1.05. The van der Waals surface area contributed by atoms with E-state index in [-0.39, 0.29) is 0 Å². The molecule has 0 rings (SSSR count). The Morgan fingerprint density at radius 2 is 2.33 bits per heavy atom. The molecule has 0 radical (unpaired) electrons. The highest BCUT2D eigenvalue weighted by Gasteiger charge is 2.04. The van der Waals surface area contributed by atoms with Gasteiger partial charge in [-0.15, -0.1) is 0 Å². The molecule has 1 unspecified atom stereocenters. The van der Waals surface area contributed by atoms with Crippen molar-refractivity contribution in [2.75, 3.05) is 0 Å². The quantitative estimate of drug-likeness (QED) is 0.331. The van der Waals surface area contributed by atoms with E-state index in [9.17, 15) is 4.79 Å². The van der Waals surface area contributed by atoms with Gasteiger partial charge in [-0.1, -0.05) is 0 Å². The lowest BCUT2D eigenvalue weighted by Crippen LogP contribution is -2.27. The SMILES string of the molecule is NOC=CC(N)C(=O)O. The van der Waals surface area contributed by atoms with Crippen molar-refractivity contribution in [1.82, 2.24) is 0 Å². The maximum atomic E-state index is 9.93. The van der Waals surface area contributed by atoms with Gasteiger partial charge in [-0.05, 0) is 6.08 Å². The molecule has 0 amide bonds. The van der Waals surface area contributed by atoms with Gasteiger partial charge >= 0.3 is 5.97 Å². The highest BCUT2D eigenvalue weighted by Crippen LogP contribution is 1.80. The summed E-state index contributed by atoms with van der Waals surface area (Å²) >= 11 is 0. The fraction of sp³-hybridized carbons (Fsp3) is 0.250. The fourth-order valence-corrected chi connectivity index (χ4v) is 0.212. The fourth-order valence-electron chi connectivity index (χ4n) is 0.212. The van der Waals surface area contributed by atoms with Crippen LogP contribution >= 0.6 is 0 Å². The normalized spacial score (nSPS) is 13.6. The Morgan fingerprint density at radius 3 is 2.67 bits per heavy atom. The minimum atomic E-state index is -1.12. The van der Waals surface area contributed by atoms with Crippen LogP contribution in [-0.4, -0.2) is 17.1 Å². The van der Waals surface area contributed by atoms with Crippen LogP contribution in [0.2, 0.25) is 0 Å². The highest BCUT2D eigenvalue weighted by atomic mass is 16.6. The standard InChI is InChI=1S/C4H8N2O3/c5-3(4(7)8)1-2-9-6/h1-3H,5-6H2,(H,7,8). The molecule has 5 heteroatoms. The van der Waals surface area contributed by atoms with Crippen molar-refractivity contribution in [2.24, 2.45) is 11.6 Å². The molecule has 0 saturated carbocycles. The van der Waals surface area contributed by atoms with Crippen molar-refractivity contribution in [3.05, 3.63) is 12.3 Å². The monoisotopic (exact) mass is 132 g/mol. The summed E-state index contributed by atoms with van der Waals surface area (Å²) in [7, 11) is 0. The Labute approximate surface area is 51.8 Å². The Morgan fingerprint density at radius 1 is 1.78 bits per heavy atom. The Balaban J connectivity index is 3.62. The van der Waals surface area contributed by atoms with Crippen LogP contribution in [0.25, 0.3) is 0 Å². The molecule has 9 heavy (non-hydrogen) atoms. The summed E-state index contributed by atoms with van der Waals surface area (Å²) in [5.41, 5.74) is 4.98. The molecule has 0 aliphatic carbocycles. The first-order valence-electron chi connectivity index (χ1n) is 2.19. The summed E-state index contributed by atoms with van der Waals surface area (Å²) in [6.45, 7) is 0. The lowest BCUT2D eigenvalue weighted by molar-refractivity contribution is -0.137. The van der Waals surface area contributed by atoms with Crippen molar-refractivity contribution in [3.8, 4) is 0 Å². The van der Waals surface area contributed by atoms with Crippen molar-refractivity contribution < 1.29 is 14.7 Å². The number of hydrogen-bond donors (Lipinski definition) is 3. The zero-order valence-electron chi connectivity index (χ0n) is 4.65. The lowest BCUT2D eigenvalue weighted by atomic mass is 10.3. The molecule has 0 saturated heterocycles. The molecule has 0 heterocycles. The van der Waals surface area contributed by atoms with Crippen molar-refractivity contribution in [3.63, 3.8) is 0 Å². The first-order chi connectivity index (χ1) is 4.18. The van der Waals surface area contributed by atoms with Crippen LogP contribution in [0.3, 0.4) is 0 Å².